The lowest BCUT2D eigenvalue weighted by atomic mass is 10.2. The van der Waals surface area contributed by atoms with Crippen LogP contribution in [0.15, 0.2) is 40.2 Å². The van der Waals surface area contributed by atoms with Crippen LogP contribution in [0.2, 0.25) is 0 Å². The summed E-state index contributed by atoms with van der Waals surface area (Å²) in [5.41, 5.74) is 2.55. The molecule has 1 N–H and O–H groups in total. The predicted octanol–water partition coefficient (Wildman–Crippen LogP) is 4.43. The van der Waals surface area contributed by atoms with Crippen LogP contribution in [0, 0.1) is 0 Å². The van der Waals surface area contributed by atoms with E-state index in [0.29, 0.717) is 6.04 Å². The molecule has 1 atom stereocenters. The summed E-state index contributed by atoms with van der Waals surface area (Å²) in [5, 5.41) is 3.55. The van der Waals surface area contributed by atoms with Gasteiger partial charge in [-0.15, -0.1) is 11.3 Å². The van der Waals surface area contributed by atoms with E-state index in [4.69, 9.17) is 0 Å². The molecule has 0 fully saturated rings. The van der Waals surface area contributed by atoms with Gasteiger partial charge in [0.05, 0.1) is 3.79 Å². The Balaban J connectivity index is 1.91. The molecule has 0 saturated heterocycles. The molecule has 19 heavy (non-hydrogen) atoms. The van der Waals surface area contributed by atoms with E-state index in [9.17, 15) is 0 Å². The van der Waals surface area contributed by atoms with Gasteiger partial charge in [-0.05, 0) is 52.7 Å². The summed E-state index contributed by atoms with van der Waals surface area (Å²) >= 11 is 5.29. The highest BCUT2D eigenvalue weighted by atomic mass is 79.9. The Morgan fingerprint density at radius 2 is 1.84 bits per heavy atom. The van der Waals surface area contributed by atoms with Crippen LogP contribution in [0.4, 0.5) is 5.69 Å². The summed E-state index contributed by atoms with van der Waals surface area (Å²) in [7, 11) is 4.12. The molecule has 1 unspecified atom stereocenters. The average Bonchev–Trinajstić information content (AvgIpc) is 2.83. The van der Waals surface area contributed by atoms with Crippen molar-refractivity contribution in [1.29, 1.82) is 0 Å². The monoisotopic (exact) mass is 338 g/mol. The van der Waals surface area contributed by atoms with Crippen LogP contribution in [0.1, 0.15) is 23.4 Å². The molecule has 0 saturated carbocycles. The molecule has 1 aromatic heterocycles. The van der Waals surface area contributed by atoms with Gasteiger partial charge in [-0.1, -0.05) is 12.1 Å². The third-order valence-electron chi connectivity index (χ3n) is 3.09. The largest absolute Gasteiger partial charge is 0.378 e. The van der Waals surface area contributed by atoms with Crippen LogP contribution in [-0.2, 0) is 6.54 Å². The van der Waals surface area contributed by atoms with Crippen LogP contribution in [0.5, 0.6) is 0 Å². The van der Waals surface area contributed by atoms with Crippen molar-refractivity contribution in [2.24, 2.45) is 0 Å². The highest BCUT2D eigenvalue weighted by Gasteiger charge is 2.07. The van der Waals surface area contributed by atoms with Crippen LogP contribution in [0.25, 0.3) is 0 Å². The lowest BCUT2D eigenvalue weighted by molar-refractivity contribution is 0.583. The molecule has 0 aliphatic heterocycles. The molecular weight excluding hydrogens is 320 g/mol. The maximum atomic E-state index is 3.55. The lowest BCUT2D eigenvalue weighted by Crippen LogP contribution is -2.17. The second-order valence-corrected chi connectivity index (χ2v) is 7.30. The first-order valence-electron chi connectivity index (χ1n) is 6.31. The zero-order chi connectivity index (χ0) is 13.8. The van der Waals surface area contributed by atoms with Gasteiger partial charge in [-0.3, -0.25) is 0 Å². The van der Waals surface area contributed by atoms with E-state index >= 15 is 0 Å². The molecule has 0 amide bonds. The molecule has 0 aliphatic carbocycles. The molecule has 2 rings (SSSR count). The van der Waals surface area contributed by atoms with Crippen LogP contribution in [0.3, 0.4) is 0 Å². The second kappa shape index (κ2) is 6.55. The Labute approximate surface area is 127 Å². The minimum Gasteiger partial charge on any atom is -0.378 e. The number of hydrogen-bond acceptors (Lipinski definition) is 3. The first kappa shape index (κ1) is 14.6. The maximum absolute atomic E-state index is 3.55. The molecule has 1 aromatic carbocycles. The molecule has 1 heterocycles. The van der Waals surface area contributed by atoms with Gasteiger partial charge in [0, 0.05) is 37.2 Å². The van der Waals surface area contributed by atoms with Crippen molar-refractivity contribution in [2.75, 3.05) is 19.0 Å². The summed E-state index contributed by atoms with van der Waals surface area (Å²) < 4.78 is 1.19. The number of rotatable bonds is 5. The van der Waals surface area contributed by atoms with Crippen LogP contribution >= 0.6 is 27.3 Å². The molecule has 2 nitrogen and oxygen atoms in total. The quantitative estimate of drug-likeness (QED) is 0.867. The number of nitrogens with one attached hydrogen (secondary N) is 1. The molecule has 2 aromatic rings. The molecular formula is C15H19BrN2S. The maximum Gasteiger partial charge on any atom is 0.0701 e. The van der Waals surface area contributed by atoms with E-state index in [1.807, 2.05) is 0 Å². The number of nitrogens with zero attached hydrogens (tertiary/aromatic N) is 1. The fourth-order valence-corrected chi connectivity index (χ4v) is 3.29. The molecule has 0 spiro atoms. The topological polar surface area (TPSA) is 15.3 Å². The fourth-order valence-electron chi connectivity index (χ4n) is 1.84. The van der Waals surface area contributed by atoms with E-state index in [-0.39, 0.29) is 0 Å². The van der Waals surface area contributed by atoms with Gasteiger partial charge in [-0.2, -0.15) is 0 Å². The smallest absolute Gasteiger partial charge is 0.0701 e. The van der Waals surface area contributed by atoms with Gasteiger partial charge < -0.3 is 10.2 Å². The SMILES string of the molecule is CC(NCc1ccc(N(C)C)cc1)c1ccc(Br)s1. The molecule has 0 bridgehead atoms. The summed E-state index contributed by atoms with van der Waals surface area (Å²) in [4.78, 5) is 3.47. The van der Waals surface area contributed by atoms with E-state index in [2.05, 4.69) is 83.6 Å². The Kier molecular flexibility index (Phi) is 5.02. The Bertz CT molecular complexity index is 519. The van der Waals surface area contributed by atoms with Gasteiger partial charge in [0.15, 0.2) is 0 Å². The summed E-state index contributed by atoms with van der Waals surface area (Å²) in [5.74, 6) is 0. The van der Waals surface area contributed by atoms with Crippen molar-refractivity contribution in [3.63, 3.8) is 0 Å². The first-order valence-corrected chi connectivity index (χ1v) is 7.92. The highest BCUT2D eigenvalue weighted by molar-refractivity contribution is 9.11. The summed E-state index contributed by atoms with van der Waals surface area (Å²) in [6, 6.07) is 13.3. The van der Waals surface area contributed by atoms with E-state index < -0.39 is 0 Å². The summed E-state index contributed by atoms with van der Waals surface area (Å²) in [6.45, 7) is 3.09. The van der Waals surface area contributed by atoms with Gasteiger partial charge in [0.2, 0.25) is 0 Å². The molecule has 0 aliphatic rings. The minimum absolute atomic E-state index is 0.379. The standard InChI is InChI=1S/C15H19BrN2S/c1-11(14-8-9-15(16)19-14)17-10-12-4-6-13(7-5-12)18(2)3/h4-9,11,17H,10H2,1-3H3. The predicted molar refractivity (Wildman–Crippen MR) is 88.0 cm³/mol. The van der Waals surface area contributed by atoms with E-state index in [1.165, 1.54) is 19.9 Å². The number of thiophene rings is 1. The van der Waals surface area contributed by atoms with Crippen LogP contribution < -0.4 is 10.2 Å². The third kappa shape index (κ3) is 4.06. The molecule has 102 valence electrons. The number of hydrogen-bond donors (Lipinski definition) is 1. The van der Waals surface area contributed by atoms with Crippen molar-refractivity contribution in [2.45, 2.75) is 19.5 Å². The van der Waals surface area contributed by atoms with E-state index in [1.54, 1.807) is 11.3 Å². The highest BCUT2D eigenvalue weighted by Crippen LogP contribution is 2.27. The van der Waals surface area contributed by atoms with Crippen LogP contribution in [-0.4, -0.2) is 14.1 Å². The van der Waals surface area contributed by atoms with Crippen molar-refractivity contribution >= 4 is 33.0 Å². The van der Waals surface area contributed by atoms with Crippen molar-refractivity contribution < 1.29 is 0 Å². The Hall–Kier alpha value is -0.840. The summed E-state index contributed by atoms with van der Waals surface area (Å²) in [6.07, 6.45) is 0. The van der Waals surface area contributed by atoms with Gasteiger partial charge in [-0.25, -0.2) is 0 Å². The molecule has 0 radical (unpaired) electrons. The molecule has 4 heteroatoms. The zero-order valence-corrected chi connectivity index (χ0v) is 13.9. The van der Waals surface area contributed by atoms with Crippen molar-refractivity contribution in [1.82, 2.24) is 5.32 Å². The lowest BCUT2D eigenvalue weighted by Gasteiger charge is -2.14. The van der Waals surface area contributed by atoms with Gasteiger partial charge in [0.25, 0.3) is 0 Å². The number of anilines is 1. The van der Waals surface area contributed by atoms with Gasteiger partial charge in [0.1, 0.15) is 0 Å². The minimum atomic E-state index is 0.379. The third-order valence-corrected chi connectivity index (χ3v) is 4.89. The van der Waals surface area contributed by atoms with Crippen molar-refractivity contribution in [3.8, 4) is 0 Å². The Morgan fingerprint density at radius 3 is 2.37 bits per heavy atom. The zero-order valence-electron chi connectivity index (χ0n) is 11.5. The van der Waals surface area contributed by atoms with E-state index in [0.717, 1.165) is 6.54 Å². The first-order chi connectivity index (χ1) is 9.06. The average molecular weight is 339 g/mol. The fraction of sp³-hybridized carbons (Fsp3) is 0.333. The number of benzene rings is 1. The Morgan fingerprint density at radius 1 is 1.16 bits per heavy atom. The van der Waals surface area contributed by atoms with Gasteiger partial charge >= 0.3 is 0 Å². The normalized spacial score (nSPS) is 12.4. The van der Waals surface area contributed by atoms with Crippen molar-refractivity contribution in [3.05, 3.63) is 50.6 Å². The second-order valence-electron chi connectivity index (χ2n) is 4.81. The number of halogens is 1.